The molecular formula is C24H20ClN3O4. The van der Waals surface area contributed by atoms with Crippen LogP contribution in [0.1, 0.15) is 42.1 Å². The van der Waals surface area contributed by atoms with Gasteiger partial charge in [-0.2, -0.15) is 0 Å². The standard InChI is InChI=1S/C24H20ClN3O4/c1-3-14(2)15-7-10-22-21(12-15)27-24(32-22)16-5-4-6-17(11-16)26-23(29)19-13-18(28(30)31)8-9-20(19)25/h4-14H,3H2,1-2H3,(H,26,29). The van der Waals surface area contributed by atoms with E-state index in [-0.39, 0.29) is 16.3 Å². The number of rotatable bonds is 6. The third kappa shape index (κ3) is 4.33. The van der Waals surface area contributed by atoms with Gasteiger partial charge in [-0.15, -0.1) is 0 Å². The molecule has 0 bridgehead atoms. The number of halogens is 1. The summed E-state index contributed by atoms with van der Waals surface area (Å²) in [4.78, 5) is 27.7. The number of carbonyl (C=O) groups is 1. The number of oxazole rings is 1. The molecule has 0 spiro atoms. The first-order chi connectivity index (χ1) is 15.4. The lowest BCUT2D eigenvalue weighted by Gasteiger charge is -2.07. The number of benzene rings is 3. The first-order valence-corrected chi connectivity index (χ1v) is 10.5. The average Bonchev–Trinajstić information content (AvgIpc) is 3.22. The lowest BCUT2D eigenvalue weighted by molar-refractivity contribution is -0.384. The number of nitrogens with one attached hydrogen (secondary N) is 1. The van der Waals surface area contributed by atoms with Crippen LogP contribution in [0.25, 0.3) is 22.6 Å². The van der Waals surface area contributed by atoms with Gasteiger partial charge in [0.2, 0.25) is 5.89 Å². The zero-order chi connectivity index (χ0) is 22.8. The van der Waals surface area contributed by atoms with Crippen LogP contribution < -0.4 is 5.32 Å². The Hall–Kier alpha value is -3.71. The molecule has 0 saturated carbocycles. The van der Waals surface area contributed by atoms with Gasteiger partial charge in [-0.25, -0.2) is 4.98 Å². The third-order valence-electron chi connectivity index (χ3n) is 5.37. The molecule has 0 radical (unpaired) electrons. The van der Waals surface area contributed by atoms with Crippen LogP contribution in [0, 0.1) is 10.1 Å². The molecule has 0 aliphatic carbocycles. The van der Waals surface area contributed by atoms with Gasteiger partial charge in [0.15, 0.2) is 5.58 Å². The van der Waals surface area contributed by atoms with E-state index in [0.29, 0.717) is 28.6 Å². The van der Waals surface area contributed by atoms with Gasteiger partial charge in [0.1, 0.15) is 5.52 Å². The number of hydrogen-bond donors (Lipinski definition) is 1. The molecule has 1 heterocycles. The van der Waals surface area contributed by atoms with Gasteiger partial charge in [0.05, 0.1) is 15.5 Å². The monoisotopic (exact) mass is 449 g/mol. The number of nitrogens with zero attached hydrogens (tertiary/aromatic N) is 2. The van der Waals surface area contributed by atoms with Gasteiger partial charge in [0.25, 0.3) is 11.6 Å². The second kappa shape index (κ2) is 8.80. The molecule has 0 fully saturated rings. The maximum absolute atomic E-state index is 12.7. The molecular weight excluding hydrogens is 430 g/mol. The Morgan fingerprint density at radius 1 is 1.19 bits per heavy atom. The summed E-state index contributed by atoms with van der Waals surface area (Å²) >= 11 is 6.07. The Bertz CT molecular complexity index is 1330. The molecule has 162 valence electrons. The van der Waals surface area contributed by atoms with Gasteiger partial charge in [-0.3, -0.25) is 14.9 Å². The highest BCUT2D eigenvalue weighted by molar-refractivity contribution is 6.34. The maximum atomic E-state index is 12.7. The maximum Gasteiger partial charge on any atom is 0.270 e. The highest BCUT2D eigenvalue weighted by atomic mass is 35.5. The Kier molecular flexibility index (Phi) is 5.92. The zero-order valence-electron chi connectivity index (χ0n) is 17.5. The van der Waals surface area contributed by atoms with Gasteiger partial charge in [-0.05, 0) is 54.3 Å². The van der Waals surface area contributed by atoms with Crippen molar-refractivity contribution in [2.24, 2.45) is 0 Å². The molecule has 7 nitrogen and oxygen atoms in total. The molecule has 4 rings (SSSR count). The smallest absolute Gasteiger partial charge is 0.270 e. The van der Waals surface area contributed by atoms with Crippen molar-refractivity contribution < 1.29 is 14.1 Å². The number of hydrogen-bond acceptors (Lipinski definition) is 5. The lowest BCUT2D eigenvalue weighted by Crippen LogP contribution is -2.12. The van der Waals surface area contributed by atoms with Gasteiger partial charge < -0.3 is 9.73 Å². The topological polar surface area (TPSA) is 98.3 Å². The molecule has 8 heteroatoms. The number of anilines is 1. The molecule has 32 heavy (non-hydrogen) atoms. The minimum Gasteiger partial charge on any atom is -0.436 e. The number of nitro benzene ring substituents is 1. The summed E-state index contributed by atoms with van der Waals surface area (Å²) in [5.74, 6) is 0.316. The van der Waals surface area contributed by atoms with Crippen molar-refractivity contribution in [1.82, 2.24) is 4.98 Å². The van der Waals surface area contributed by atoms with Gasteiger partial charge in [0, 0.05) is 23.4 Å². The third-order valence-corrected chi connectivity index (χ3v) is 5.70. The van der Waals surface area contributed by atoms with Crippen LogP contribution in [0.4, 0.5) is 11.4 Å². The van der Waals surface area contributed by atoms with Crippen LogP contribution in [0.3, 0.4) is 0 Å². The van der Waals surface area contributed by atoms with E-state index in [4.69, 9.17) is 16.0 Å². The zero-order valence-corrected chi connectivity index (χ0v) is 18.2. The lowest BCUT2D eigenvalue weighted by atomic mass is 9.98. The fourth-order valence-electron chi connectivity index (χ4n) is 3.34. The van der Waals surface area contributed by atoms with Crippen LogP contribution in [-0.2, 0) is 0 Å². The summed E-state index contributed by atoms with van der Waals surface area (Å²) in [5, 5.41) is 13.9. The normalized spacial score (nSPS) is 12.0. The van der Waals surface area contributed by atoms with Gasteiger partial charge in [-0.1, -0.05) is 37.6 Å². The van der Waals surface area contributed by atoms with E-state index < -0.39 is 10.8 Å². The predicted molar refractivity (Wildman–Crippen MR) is 124 cm³/mol. The molecule has 0 aliphatic heterocycles. The van der Waals surface area contributed by atoms with Crippen molar-refractivity contribution in [3.63, 3.8) is 0 Å². The second-order valence-corrected chi connectivity index (χ2v) is 7.92. The fourth-order valence-corrected chi connectivity index (χ4v) is 3.54. The predicted octanol–water partition coefficient (Wildman–Crippen LogP) is 6.82. The largest absolute Gasteiger partial charge is 0.436 e. The first kappa shape index (κ1) is 21.5. The highest BCUT2D eigenvalue weighted by Gasteiger charge is 2.17. The minimum atomic E-state index is -0.576. The number of fused-ring (bicyclic) bond motifs is 1. The van der Waals surface area contributed by atoms with Crippen molar-refractivity contribution in [1.29, 1.82) is 0 Å². The van der Waals surface area contributed by atoms with Crippen molar-refractivity contribution in [2.45, 2.75) is 26.2 Å². The SMILES string of the molecule is CCC(C)c1ccc2oc(-c3cccc(NC(=O)c4cc([N+](=O)[O-])ccc4Cl)c3)nc2c1. The van der Waals surface area contributed by atoms with Crippen LogP contribution in [0.15, 0.2) is 65.1 Å². The second-order valence-electron chi connectivity index (χ2n) is 7.51. The van der Waals surface area contributed by atoms with E-state index in [1.165, 1.54) is 17.7 Å². The van der Waals surface area contributed by atoms with Crippen molar-refractivity contribution in [3.8, 4) is 11.5 Å². The van der Waals surface area contributed by atoms with Crippen LogP contribution in [-0.4, -0.2) is 15.8 Å². The van der Waals surface area contributed by atoms with E-state index in [0.717, 1.165) is 18.0 Å². The Morgan fingerprint density at radius 3 is 2.75 bits per heavy atom. The molecule has 1 N–H and O–H groups in total. The molecule has 0 saturated heterocycles. The number of non-ortho nitro benzene ring substituents is 1. The van der Waals surface area contributed by atoms with Crippen LogP contribution >= 0.6 is 11.6 Å². The summed E-state index contributed by atoms with van der Waals surface area (Å²) < 4.78 is 5.91. The van der Waals surface area contributed by atoms with E-state index in [9.17, 15) is 14.9 Å². The number of aromatic nitrogens is 1. The van der Waals surface area contributed by atoms with Crippen molar-refractivity contribution >= 4 is 40.0 Å². The molecule has 1 unspecified atom stereocenters. The Labute approximate surface area is 189 Å². The van der Waals surface area contributed by atoms with E-state index in [2.05, 4.69) is 24.1 Å². The molecule has 4 aromatic rings. The van der Waals surface area contributed by atoms with E-state index >= 15 is 0 Å². The Balaban J connectivity index is 1.61. The van der Waals surface area contributed by atoms with Crippen LogP contribution in [0.5, 0.6) is 0 Å². The summed E-state index contributed by atoms with van der Waals surface area (Å²) in [6, 6.07) is 16.8. The van der Waals surface area contributed by atoms with E-state index in [1.807, 2.05) is 24.3 Å². The summed E-state index contributed by atoms with van der Waals surface area (Å²) in [6.07, 6.45) is 1.03. The Morgan fingerprint density at radius 2 is 2.00 bits per heavy atom. The minimum absolute atomic E-state index is 0.0192. The van der Waals surface area contributed by atoms with E-state index in [1.54, 1.807) is 18.2 Å². The molecule has 1 amide bonds. The molecule has 0 aliphatic rings. The highest BCUT2D eigenvalue weighted by Crippen LogP contribution is 2.29. The number of nitro groups is 1. The molecule has 1 atom stereocenters. The number of amides is 1. The van der Waals surface area contributed by atoms with Gasteiger partial charge >= 0.3 is 0 Å². The molecule has 1 aromatic heterocycles. The van der Waals surface area contributed by atoms with Crippen molar-refractivity contribution in [3.05, 3.63) is 86.9 Å². The summed E-state index contributed by atoms with van der Waals surface area (Å²) in [7, 11) is 0. The summed E-state index contributed by atoms with van der Waals surface area (Å²) in [5.41, 5.74) is 3.64. The van der Waals surface area contributed by atoms with Crippen molar-refractivity contribution in [2.75, 3.05) is 5.32 Å². The fraction of sp³-hybridized carbons (Fsp3) is 0.167. The first-order valence-electron chi connectivity index (χ1n) is 10.1. The average molecular weight is 450 g/mol. The summed E-state index contributed by atoms with van der Waals surface area (Å²) in [6.45, 7) is 4.31. The number of carbonyl (C=O) groups excluding carboxylic acids is 1. The van der Waals surface area contributed by atoms with Crippen LogP contribution in [0.2, 0.25) is 5.02 Å². The quantitative estimate of drug-likeness (QED) is 0.257. The molecule has 3 aromatic carbocycles.